The minimum atomic E-state index is -0.835. The smallest absolute Gasteiger partial charge is 0.168 e. The fourth-order valence-electron chi connectivity index (χ4n) is 3.05. The first-order chi connectivity index (χ1) is 8.69. The van der Waals surface area contributed by atoms with E-state index in [4.69, 9.17) is 4.74 Å². The van der Waals surface area contributed by atoms with Crippen molar-refractivity contribution in [3.63, 3.8) is 0 Å². The van der Waals surface area contributed by atoms with Crippen molar-refractivity contribution < 1.29 is 13.9 Å². The van der Waals surface area contributed by atoms with Gasteiger partial charge in [0.1, 0.15) is 11.9 Å². The van der Waals surface area contributed by atoms with Gasteiger partial charge in [-0.1, -0.05) is 0 Å². The minimum absolute atomic E-state index is 0.0547. The molecule has 1 aromatic rings. The van der Waals surface area contributed by atoms with E-state index in [0.717, 1.165) is 5.69 Å². The fraction of sp³-hybridized carbons (Fsp3) is 0.500. The largest absolute Gasteiger partial charge is 0.497 e. The molecule has 3 nitrogen and oxygen atoms in total. The average Bonchev–Trinajstić information content (AvgIpc) is 2.71. The fourth-order valence-corrected chi connectivity index (χ4v) is 3.05. The van der Waals surface area contributed by atoms with Gasteiger partial charge in [-0.15, -0.1) is 0 Å². The van der Waals surface area contributed by atoms with Gasteiger partial charge in [-0.2, -0.15) is 0 Å². The molecule has 0 bridgehead atoms. The lowest BCUT2D eigenvalue weighted by Gasteiger charge is -2.13. The molecule has 1 fully saturated rings. The monoisotopic (exact) mass is 249 g/mol. The van der Waals surface area contributed by atoms with E-state index < -0.39 is 6.17 Å². The number of ketones is 1. The van der Waals surface area contributed by atoms with Crippen molar-refractivity contribution in [1.82, 2.24) is 0 Å². The second-order valence-electron chi connectivity index (χ2n) is 5.09. The minimum Gasteiger partial charge on any atom is -0.497 e. The molecular weight excluding hydrogens is 233 g/mol. The molecular formula is C14H16FNO2. The molecule has 0 radical (unpaired) electrons. The van der Waals surface area contributed by atoms with E-state index in [-0.39, 0.29) is 17.6 Å². The maximum absolute atomic E-state index is 13.4. The van der Waals surface area contributed by atoms with Crippen molar-refractivity contribution in [2.45, 2.75) is 19.0 Å². The lowest BCUT2D eigenvalue weighted by atomic mass is 9.89. The van der Waals surface area contributed by atoms with E-state index >= 15 is 0 Å². The third-order valence-electron chi connectivity index (χ3n) is 4.02. The van der Waals surface area contributed by atoms with Crippen molar-refractivity contribution >= 4 is 11.5 Å². The van der Waals surface area contributed by atoms with Crippen molar-refractivity contribution in [2.75, 3.05) is 19.0 Å². The lowest BCUT2D eigenvalue weighted by molar-refractivity contribution is 0.0896. The van der Waals surface area contributed by atoms with Crippen LogP contribution in [0.2, 0.25) is 0 Å². The summed E-state index contributed by atoms with van der Waals surface area (Å²) in [5, 5.41) is 3.26. The van der Waals surface area contributed by atoms with Gasteiger partial charge in [0, 0.05) is 23.7 Å². The zero-order valence-corrected chi connectivity index (χ0v) is 10.3. The van der Waals surface area contributed by atoms with Crippen molar-refractivity contribution in [1.29, 1.82) is 0 Å². The Labute approximate surface area is 105 Å². The molecule has 2 aliphatic rings. The Kier molecular flexibility index (Phi) is 2.73. The van der Waals surface area contributed by atoms with Gasteiger partial charge in [-0.3, -0.25) is 4.79 Å². The summed E-state index contributed by atoms with van der Waals surface area (Å²) in [6.45, 7) is 0.677. The number of carbonyl (C=O) groups excluding carboxylic acids is 1. The van der Waals surface area contributed by atoms with Crippen LogP contribution in [0.15, 0.2) is 18.2 Å². The second kappa shape index (κ2) is 4.26. The molecule has 3 rings (SSSR count). The Balaban J connectivity index is 2.00. The van der Waals surface area contributed by atoms with Gasteiger partial charge < -0.3 is 10.1 Å². The summed E-state index contributed by atoms with van der Waals surface area (Å²) in [5.74, 6) is 0.656. The van der Waals surface area contributed by atoms with Crippen LogP contribution in [-0.4, -0.2) is 25.6 Å². The molecule has 1 aliphatic heterocycles. The molecule has 3 unspecified atom stereocenters. The number of anilines is 1. The van der Waals surface area contributed by atoms with Gasteiger partial charge in [0.15, 0.2) is 5.78 Å². The maximum atomic E-state index is 13.4. The number of halogens is 1. The molecule has 1 heterocycles. The summed E-state index contributed by atoms with van der Waals surface area (Å²) in [6, 6.07) is 5.44. The highest BCUT2D eigenvalue weighted by Crippen LogP contribution is 2.40. The number of benzene rings is 1. The molecule has 0 spiro atoms. The summed E-state index contributed by atoms with van der Waals surface area (Å²) in [7, 11) is 1.58. The van der Waals surface area contributed by atoms with Crippen LogP contribution < -0.4 is 10.1 Å². The third-order valence-corrected chi connectivity index (χ3v) is 4.02. The Hall–Kier alpha value is -1.58. The Morgan fingerprint density at radius 1 is 1.39 bits per heavy atom. The number of methoxy groups -OCH3 is 1. The molecule has 0 saturated heterocycles. The number of carbonyl (C=O) groups is 1. The molecule has 0 aromatic heterocycles. The highest BCUT2D eigenvalue weighted by molar-refractivity contribution is 6.04. The van der Waals surface area contributed by atoms with Gasteiger partial charge in [0.25, 0.3) is 0 Å². The van der Waals surface area contributed by atoms with Gasteiger partial charge in [-0.25, -0.2) is 4.39 Å². The molecule has 96 valence electrons. The molecule has 3 atom stereocenters. The van der Waals surface area contributed by atoms with Crippen molar-refractivity contribution in [3.05, 3.63) is 23.8 Å². The normalized spacial score (nSPS) is 30.1. The Morgan fingerprint density at radius 2 is 2.22 bits per heavy atom. The predicted molar refractivity (Wildman–Crippen MR) is 66.9 cm³/mol. The number of rotatable bonds is 1. The van der Waals surface area contributed by atoms with Crippen molar-refractivity contribution in [3.8, 4) is 5.75 Å². The molecule has 1 saturated carbocycles. The summed E-state index contributed by atoms with van der Waals surface area (Å²) in [5.41, 5.74) is 1.47. The van der Waals surface area contributed by atoms with Crippen LogP contribution in [-0.2, 0) is 0 Å². The van der Waals surface area contributed by atoms with E-state index in [1.54, 1.807) is 13.2 Å². The SMILES string of the molecule is COc1ccc2c(c1)C(=O)C1CC(F)CC1CN2. The Morgan fingerprint density at radius 3 is 3.00 bits per heavy atom. The summed E-state index contributed by atoms with van der Waals surface area (Å²) in [4.78, 5) is 12.5. The van der Waals surface area contributed by atoms with E-state index in [2.05, 4.69) is 5.32 Å². The number of hydrogen-bond acceptors (Lipinski definition) is 3. The van der Waals surface area contributed by atoms with Crippen LogP contribution in [0.3, 0.4) is 0 Å². The van der Waals surface area contributed by atoms with Crippen LogP contribution in [0, 0.1) is 11.8 Å². The van der Waals surface area contributed by atoms with E-state index in [9.17, 15) is 9.18 Å². The first kappa shape index (κ1) is 11.5. The second-order valence-corrected chi connectivity index (χ2v) is 5.09. The highest BCUT2D eigenvalue weighted by Gasteiger charge is 2.41. The zero-order chi connectivity index (χ0) is 12.7. The number of nitrogens with one attached hydrogen (secondary N) is 1. The first-order valence-corrected chi connectivity index (χ1v) is 6.29. The quantitative estimate of drug-likeness (QED) is 0.831. The number of alkyl halides is 1. The topological polar surface area (TPSA) is 38.3 Å². The third kappa shape index (κ3) is 1.76. The molecule has 4 heteroatoms. The van der Waals surface area contributed by atoms with E-state index in [0.29, 0.717) is 30.7 Å². The number of ether oxygens (including phenoxy) is 1. The van der Waals surface area contributed by atoms with E-state index in [1.165, 1.54) is 0 Å². The van der Waals surface area contributed by atoms with Gasteiger partial charge in [0.2, 0.25) is 0 Å². The molecule has 1 aromatic carbocycles. The van der Waals surface area contributed by atoms with Crippen LogP contribution >= 0.6 is 0 Å². The van der Waals surface area contributed by atoms with Crippen LogP contribution in [0.1, 0.15) is 23.2 Å². The number of Topliss-reactive ketones (excluding diaryl/α,β-unsaturated/α-hetero) is 1. The number of hydrogen-bond donors (Lipinski definition) is 1. The summed E-state index contributed by atoms with van der Waals surface area (Å²) < 4.78 is 18.6. The Bertz CT molecular complexity index is 489. The van der Waals surface area contributed by atoms with Gasteiger partial charge >= 0.3 is 0 Å². The highest BCUT2D eigenvalue weighted by atomic mass is 19.1. The van der Waals surface area contributed by atoms with Crippen LogP contribution in [0.4, 0.5) is 10.1 Å². The van der Waals surface area contributed by atoms with Crippen LogP contribution in [0.25, 0.3) is 0 Å². The van der Waals surface area contributed by atoms with Crippen molar-refractivity contribution in [2.24, 2.45) is 11.8 Å². The molecule has 1 aliphatic carbocycles. The summed E-state index contributed by atoms with van der Waals surface area (Å²) >= 11 is 0. The molecule has 0 amide bonds. The zero-order valence-electron chi connectivity index (χ0n) is 10.3. The molecule has 1 N–H and O–H groups in total. The lowest BCUT2D eigenvalue weighted by Crippen LogP contribution is -2.20. The van der Waals surface area contributed by atoms with Gasteiger partial charge in [0.05, 0.1) is 7.11 Å². The number of fused-ring (bicyclic) bond motifs is 2. The standard InChI is InChI=1S/C14H16FNO2/c1-18-10-2-3-13-12(6-10)14(17)11-5-9(15)4-8(11)7-16-13/h2-3,6,8-9,11,16H,4-5,7H2,1H3. The molecule has 18 heavy (non-hydrogen) atoms. The predicted octanol–water partition coefficient (Wildman–Crippen LogP) is 2.67. The summed E-state index contributed by atoms with van der Waals surface area (Å²) in [6.07, 6.45) is 0.0222. The van der Waals surface area contributed by atoms with E-state index in [1.807, 2.05) is 12.1 Å². The van der Waals surface area contributed by atoms with Gasteiger partial charge in [-0.05, 0) is 37.0 Å². The maximum Gasteiger partial charge on any atom is 0.168 e. The first-order valence-electron chi connectivity index (χ1n) is 6.29. The van der Waals surface area contributed by atoms with Crippen LogP contribution in [0.5, 0.6) is 5.75 Å². The average molecular weight is 249 g/mol.